The summed E-state index contributed by atoms with van der Waals surface area (Å²) in [6, 6.07) is 3.68. The van der Waals surface area contributed by atoms with Crippen molar-refractivity contribution in [1.29, 1.82) is 0 Å². The van der Waals surface area contributed by atoms with Gasteiger partial charge in [0.1, 0.15) is 0 Å². The van der Waals surface area contributed by atoms with Crippen molar-refractivity contribution >= 4 is 16.8 Å². The summed E-state index contributed by atoms with van der Waals surface area (Å²) in [6.07, 6.45) is -0.00845. The van der Waals surface area contributed by atoms with Crippen LogP contribution in [0.1, 0.15) is 50.9 Å². The van der Waals surface area contributed by atoms with Gasteiger partial charge in [0, 0.05) is 17.3 Å². The van der Waals surface area contributed by atoms with E-state index in [4.69, 9.17) is 11.6 Å². The Bertz CT molecular complexity index is 475. The molecule has 0 saturated heterocycles. The molecule has 0 aliphatic heterocycles. The van der Waals surface area contributed by atoms with Crippen LogP contribution in [0, 0.1) is 0 Å². The van der Waals surface area contributed by atoms with Crippen LogP contribution < -0.4 is 5.56 Å². The van der Waals surface area contributed by atoms with E-state index in [9.17, 15) is 9.59 Å². The molecule has 0 aliphatic rings. The molecular weight excluding hydrogens is 238 g/mol. The molecule has 0 aromatic carbocycles. The molecule has 0 radical (unpaired) electrons. The highest BCUT2D eigenvalue weighted by Gasteiger charge is 2.14. The smallest absolute Gasteiger partial charge is 0.254 e. The van der Waals surface area contributed by atoms with E-state index < -0.39 is 5.24 Å². The molecule has 0 spiro atoms. The average Bonchev–Trinajstić information content (AvgIpc) is 2.19. The summed E-state index contributed by atoms with van der Waals surface area (Å²) in [5.74, 6) is 0.269. The van der Waals surface area contributed by atoms with E-state index in [0.29, 0.717) is 5.56 Å². The maximum Gasteiger partial charge on any atom is 0.254 e. The summed E-state index contributed by atoms with van der Waals surface area (Å²) in [7, 11) is 0. The number of halogens is 1. The normalized spacial score (nSPS) is 11.2. The van der Waals surface area contributed by atoms with Crippen LogP contribution in [0.25, 0.3) is 0 Å². The Balaban J connectivity index is 3.39. The van der Waals surface area contributed by atoms with Crippen molar-refractivity contribution in [3.8, 4) is 0 Å². The molecule has 1 rings (SSSR count). The van der Waals surface area contributed by atoms with Crippen LogP contribution in [0.4, 0.5) is 0 Å². The largest absolute Gasteiger partial charge is 0.310 e. The molecule has 0 amide bonds. The summed E-state index contributed by atoms with van der Waals surface area (Å²) < 4.78 is 1.74. The molecule has 1 aromatic rings. The monoisotopic (exact) mass is 255 g/mol. The fraction of sp³-hybridized carbons (Fsp3) is 0.538. The van der Waals surface area contributed by atoms with Crippen molar-refractivity contribution < 1.29 is 4.79 Å². The van der Waals surface area contributed by atoms with E-state index in [1.54, 1.807) is 10.6 Å². The molecular formula is C13H18ClNO2. The number of carbonyl (C=O) groups is 1. The number of pyridine rings is 1. The molecule has 0 fully saturated rings. The van der Waals surface area contributed by atoms with Crippen LogP contribution in [0.3, 0.4) is 0 Å². The van der Waals surface area contributed by atoms with Crippen molar-refractivity contribution in [3.05, 3.63) is 33.7 Å². The van der Waals surface area contributed by atoms with Gasteiger partial charge in [0.25, 0.3) is 5.56 Å². The van der Waals surface area contributed by atoms with Crippen LogP contribution >= 0.6 is 11.6 Å². The highest BCUT2D eigenvalue weighted by Crippen LogP contribution is 2.17. The first-order chi connectivity index (χ1) is 7.84. The number of rotatable bonds is 4. The zero-order valence-electron chi connectivity index (χ0n) is 10.7. The molecule has 0 atom stereocenters. The molecule has 0 bridgehead atoms. The number of hydrogen-bond donors (Lipinski definition) is 0. The van der Waals surface area contributed by atoms with Crippen LogP contribution in [-0.2, 0) is 11.2 Å². The Hall–Kier alpha value is -1.09. The van der Waals surface area contributed by atoms with Crippen molar-refractivity contribution in [2.75, 3.05) is 0 Å². The van der Waals surface area contributed by atoms with E-state index in [0.717, 1.165) is 5.69 Å². The van der Waals surface area contributed by atoms with Crippen LogP contribution in [0.2, 0.25) is 0 Å². The minimum absolute atomic E-state index is 0.00845. The van der Waals surface area contributed by atoms with E-state index in [2.05, 4.69) is 0 Å². The third-order valence-corrected chi connectivity index (χ3v) is 2.80. The highest BCUT2D eigenvalue weighted by atomic mass is 35.5. The first-order valence-corrected chi connectivity index (χ1v) is 6.15. The lowest BCUT2D eigenvalue weighted by Gasteiger charge is -2.19. The minimum atomic E-state index is -0.505. The predicted octanol–water partition coefficient (Wildman–Crippen LogP) is 2.86. The zero-order chi connectivity index (χ0) is 13.2. The molecule has 0 unspecified atom stereocenters. The number of carbonyl (C=O) groups excluding carboxylic acids is 1. The lowest BCUT2D eigenvalue weighted by molar-refractivity contribution is -0.111. The van der Waals surface area contributed by atoms with Gasteiger partial charge in [-0.3, -0.25) is 9.59 Å². The van der Waals surface area contributed by atoms with E-state index in [1.807, 2.05) is 33.8 Å². The fourth-order valence-electron chi connectivity index (χ4n) is 1.90. The number of hydrogen-bond acceptors (Lipinski definition) is 2. The Morgan fingerprint density at radius 1 is 1.29 bits per heavy atom. The first kappa shape index (κ1) is 14.0. The Kier molecular flexibility index (Phi) is 4.52. The first-order valence-electron chi connectivity index (χ1n) is 5.77. The molecule has 0 aliphatic carbocycles. The third-order valence-electron chi connectivity index (χ3n) is 2.66. The minimum Gasteiger partial charge on any atom is -0.310 e. The van der Waals surface area contributed by atoms with Gasteiger partial charge in [-0.25, -0.2) is 0 Å². The van der Waals surface area contributed by atoms with Gasteiger partial charge >= 0.3 is 0 Å². The Morgan fingerprint density at radius 3 is 2.29 bits per heavy atom. The van der Waals surface area contributed by atoms with Gasteiger partial charge in [0.05, 0.1) is 6.42 Å². The van der Waals surface area contributed by atoms with Gasteiger partial charge < -0.3 is 4.57 Å². The quantitative estimate of drug-likeness (QED) is 0.776. The molecule has 0 saturated carbocycles. The molecule has 4 heteroatoms. The standard InChI is InChI=1S/C13H18ClNO2/c1-8(2)11-6-5-10(7-12(14)16)13(17)15(11)9(3)4/h5-6,8-9H,7H2,1-4H3. The van der Waals surface area contributed by atoms with Crippen molar-refractivity contribution in [2.45, 2.75) is 46.1 Å². The average molecular weight is 256 g/mol. The van der Waals surface area contributed by atoms with Gasteiger partial charge in [-0.15, -0.1) is 0 Å². The van der Waals surface area contributed by atoms with Gasteiger partial charge in [0.15, 0.2) is 0 Å². The second-order valence-electron chi connectivity index (χ2n) is 4.74. The molecule has 17 heavy (non-hydrogen) atoms. The maximum atomic E-state index is 12.2. The SMILES string of the molecule is CC(C)c1ccc(CC(=O)Cl)c(=O)n1C(C)C. The van der Waals surface area contributed by atoms with Gasteiger partial charge in [-0.2, -0.15) is 0 Å². The van der Waals surface area contributed by atoms with Gasteiger partial charge in [-0.05, 0) is 37.4 Å². The molecule has 3 nitrogen and oxygen atoms in total. The summed E-state index contributed by atoms with van der Waals surface area (Å²) in [6.45, 7) is 8.00. The number of aromatic nitrogens is 1. The lowest BCUT2D eigenvalue weighted by Crippen LogP contribution is -2.29. The van der Waals surface area contributed by atoms with Crippen molar-refractivity contribution in [1.82, 2.24) is 4.57 Å². The van der Waals surface area contributed by atoms with E-state index in [-0.39, 0.29) is 23.9 Å². The summed E-state index contributed by atoms with van der Waals surface area (Å²) in [5, 5.41) is -0.505. The Morgan fingerprint density at radius 2 is 1.88 bits per heavy atom. The second kappa shape index (κ2) is 5.50. The summed E-state index contributed by atoms with van der Waals surface area (Å²) >= 11 is 5.33. The van der Waals surface area contributed by atoms with Crippen LogP contribution in [-0.4, -0.2) is 9.81 Å². The van der Waals surface area contributed by atoms with Crippen molar-refractivity contribution in [3.63, 3.8) is 0 Å². The molecule has 0 N–H and O–H groups in total. The molecule has 1 heterocycles. The number of nitrogens with zero attached hydrogens (tertiary/aromatic N) is 1. The maximum absolute atomic E-state index is 12.2. The third kappa shape index (κ3) is 3.19. The Labute approximate surface area is 106 Å². The second-order valence-corrected chi connectivity index (χ2v) is 5.16. The lowest BCUT2D eigenvalue weighted by atomic mass is 10.1. The van der Waals surface area contributed by atoms with E-state index >= 15 is 0 Å². The van der Waals surface area contributed by atoms with Crippen LogP contribution in [0.5, 0.6) is 0 Å². The fourth-order valence-corrected chi connectivity index (χ4v) is 2.04. The van der Waals surface area contributed by atoms with Crippen LogP contribution in [0.15, 0.2) is 16.9 Å². The summed E-state index contributed by atoms with van der Waals surface area (Å²) in [5.41, 5.74) is 1.33. The summed E-state index contributed by atoms with van der Waals surface area (Å²) in [4.78, 5) is 23.1. The van der Waals surface area contributed by atoms with Crippen molar-refractivity contribution in [2.24, 2.45) is 0 Å². The van der Waals surface area contributed by atoms with E-state index in [1.165, 1.54) is 0 Å². The predicted molar refractivity (Wildman–Crippen MR) is 69.7 cm³/mol. The molecule has 1 aromatic heterocycles. The van der Waals surface area contributed by atoms with Gasteiger partial charge in [-0.1, -0.05) is 19.9 Å². The highest BCUT2D eigenvalue weighted by molar-refractivity contribution is 6.63. The topological polar surface area (TPSA) is 39.1 Å². The zero-order valence-corrected chi connectivity index (χ0v) is 11.4. The van der Waals surface area contributed by atoms with Gasteiger partial charge in [0.2, 0.25) is 5.24 Å². The molecule has 94 valence electrons.